The number of fused-ring (bicyclic) bond motifs is 1. The summed E-state index contributed by atoms with van der Waals surface area (Å²) in [6.45, 7) is 9.85. The van der Waals surface area contributed by atoms with Gasteiger partial charge in [-0.1, -0.05) is 0 Å². The number of hydrogen-bond donors (Lipinski definition) is 3. The fraction of sp³-hybridized carbons (Fsp3) is 0.484. The van der Waals surface area contributed by atoms with E-state index in [2.05, 4.69) is 15.2 Å². The van der Waals surface area contributed by atoms with Crippen LogP contribution < -0.4 is 20.7 Å². The highest BCUT2D eigenvalue weighted by atomic mass is 16.6. The van der Waals surface area contributed by atoms with Crippen LogP contribution in [0.1, 0.15) is 52.0 Å². The van der Waals surface area contributed by atoms with Gasteiger partial charge in [-0.25, -0.2) is 4.79 Å². The van der Waals surface area contributed by atoms with Crippen molar-refractivity contribution in [1.29, 1.82) is 0 Å². The third-order valence-corrected chi connectivity index (χ3v) is 7.00. The lowest BCUT2D eigenvalue weighted by molar-refractivity contribution is -0.131. The Bertz CT molecular complexity index is 1260. The topological polar surface area (TPSA) is 113 Å². The first-order valence-corrected chi connectivity index (χ1v) is 14.3. The highest BCUT2D eigenvalue weighted by molar-refractivity contribution is 5.84. The molecule has 0 unspecified atom stereocenters. The van der Waals surface area contributed by atoms with Crippen molar-refractivity contribution in [2.75, 3.05) is 50.0 Å². The molecule has 1 saturated heterocycles. The maximum absolute atomic E-state index is 12.7. The van der Waals surface area contributed by atoms with Crippen LogP contribution in [0, 0.1) is 0 Å². The Kier molecular flexibility index (Phi) is 9.79. The number of carbonyl (C=O) groups excluding carboxylic acids is 2. The van der Waals surface area contributed by atoms with Crippen molar-refractivity contribution in [2.45, 2.75) is 58.5 Å². The zero-order chi connectivity index (χ0) is 28.5. The molecule has 1 aliphatic heterocycles. The predicted molar refractivity (Wildman–Crippen MR) is 160 cm³/mol. The molecule has 1 aliphatic rings. The third kappa shape index (κ3) is 8.56. The predicted octanol–water partition coefficient (Wildman–Crippen LogP) is 5.11. The number of nitrogens with two attached hydrogens (primary N) is 1. The van der Waals surface area contributed by atoms with Gasteiger partial charge in [0.05, 0.1) is 6.61 Å². The fourth-order valence-corrected chi connectivity index (χ4v) is 4.87. The molecular weight excluding hydrogens is 506 g/mol. The van der Waals surface area contributed by atoms with E-state index < -0.39 is 11.7 Å². The minimum atomic E-state index is -0.512. The van der Waals surface area contributed by atoms with Gasteiger partial charge in [-0.05, 0) is 94.5 Å². The summed E-state index contributed by atoms with van der Waals surface area (Å²) in [4.78, 5) is 32.1. The van der Waals surface area contributed by atoms with Gasteiger partial charge >= 0.3 is 6.09 Å². The number of rotatable bonds is 11. The SMILES string of the molecule is CC(C)(C)OC(=O)NCCc1c[nH]c2ccc(OCCCCCC(=O)N3CCN(c4ccc(N)cc4)CC3)cc12. The molecule has 4 N–H and O–H groups in total. The average Bonchev–Trinajstić information content (AvgIpc) is 3.32. The van der Waals surface area contributed by atoms with E-state index in [1.54, 1.807) is 0 Å². The number of ether oxygens (including phenoxy) is 2. The minimum absolute atomic E-state index is 0.240. The molecule has 9 nitrogen and oxygen atoms in total. The van der Waals surface area contributed by atoms with E-state index in [4.69, 9.17) is 15.2 Å². The molecule has 9 heteroatoms. The van der Waals surface area contributed by atoms with Gasteiger partial charge in [-0.15, -0.1) is 0 Å². The lowest BCUT2D eigenvalue weighted by atomic mass is 10.1. The number of amides is 2. The van der Waals surface area contributed by atoms with Crippen molar-refractivity contribution < 1.29 is 19.1 Å². The molecular formula is C31H43N5O4. The van der Waals surface area contributed by atoms with E-state index >= 15 is 0 Å². The summed E-state index contributed by atoms with van der Waals surface area (Å²) >= 11 is 0. The molecule has 0 saturated carbocycles. The van der Waals surface area contributed by atoms with Gasteiger partial charge in [0.25, 0.3) is 0 Å². The van der Waals surface area contributed by atoms with Crippen molar-refractivity contribution in [1.82, 2.24) is 15.2 Å². The molecule has 0 spiro atoms. The fourth-order valence-electron chi connectivity index (χ4n) is 4.87. The summed E-state index contributed by atoms with van der Waals surface area (Å²) in [5, 5.41) is 3.90. The Morgan fingerprint density at radius 3 is 2.48 bits per heavy atom. The van der Waals surface area contributed by atoms with Gasteiger partial charge in [0.15, 0.2) is 0 Å². The van der Waals surface area contributed by atoms with Gasteiger partial charge in [0.2, 0.25) is 5.91 Å². The molecule has 4 rings (SSSR count). The lowest BCUT2D eigenvalue weighted by Crippen LogP contribution is -2.48. The van der Waals surface area contributed by atoms with E-state index in [1.807, 2.05) is 74.3 Å². The van der Waals surface area contributed by atoms with Crippen LogP contribution in [0.25, 0.3) is 10.9 Å². The molecule has 216 valence electrons. The molecule has 2 aromatic carbocycles. The first kappa shape index (κ1) is 29.1. The number of benzene rings is 2. The second kappa shape index (κ2) is 13.5. The number of piperazine rings is 1. The van der Waals surface area contributed by atoms with Crippen LogP contribution in [0.5, 0.6) is 5.75 Å². The Morgan fingerprint density at radius 2 is 1.75 bits per heavy atom. The van der Waals surface area contributed by atoms with E-state index in [0.29, 0.717) is 26.0 Å². The molecule has 0 radical (unpaired) electrons. The number of alkyl carbamates (subject to hydrolysis) is 1. The second-order valence-electron chi connectivity index (χ2n) is 11.3. The Balaban J connectivity index is 1.12. The second-order valence-corrected chi connectivity index (χ2v) is 11.3. The van der Waals surface area contributed by atoms with Gasteiger partial charge < -0.3 is 35.3 Å². The van der Waals surface area contributed by atoms with Crippen molar-refractivity contribution in [3.8, 4) is 5.75 Å². The minimum Gasteiger partial charge on any atom is -0.494 e. The van der Waals surface area contributed by atoms with E-state index in [0.717, 1.165) is 79.0 Å². The number of nitrogen functional groups attached to an aromatic ring is 1. The third-order valence-electron chi connectivity index (χ3n) is 7.00. The number of anilines is 2. The highest BCUT2D eigenvalue weighted by Crippen LogP contribution is 2.24. The van der Waals surface area contributed by atoms with Crippen LogP contribution in [0.4, 0.5) is 16.2 Å². The van der Waals surface area contributed by atoms with Crippen LogP contribution in [0.15, 0.2) is 48.7 Å². The van der Waals surface area contributed by atoms with Crippen molar-refractivity contribution in [2.24, 2.45) is 0 Å². The summed E-state index contributed by atoms with van der Waals surface area (Å²) in [5.41, 5.74) is 9.34. The van der Waals surface area contributed by atoms with Crippen LogP contribution >= 0.6 is 0 Å². The number of unbranched alkanes of at least 4 members (excludes halogenated alkanes) is 2. The van der Waals surface area contributed by atoms with E-state index in [9.17, 15) is 9.59 Å². The van der Waals surface area contributed by atoms with Gasteiger partial charge in [0.1, 0.15) is 11.4 Å². The maximum atomic E-state index is 12.7. The normalized spacial score (nSPS) is 13.9. The summed E-state index contributed by atoms with van der Waals surface area (Å²) in [7, 11) is 0. The molecule has 2 amide bonds. The van der Waals surface area contributed by atoms with Crippen LogP contribution in [-0.4, -0.2) is 66.8 Å². The molecule has 2 heterocycles. The summed E-state index contributed by atoms with van der Waals surface area (Å²) in [6, 6.07) is 13.9. The number of nitrogens with zero attached hydrogens (tertiary/aromatic N) is 2. The molecule has 3 aromatic rings. The molecule has 40 heavy (non-hydrogen) atoms. The Morgan fingerprint density at radius 1 is 1.00 bits per heavy atom. The zero-order valence-corrected chi connectivity index (χ0v) is 24.0. The zero-order valence-electron chi connectivity index (χ0n) is 24.0. The smallest absolute Gasteiger partial charge is 0.407 e. The van der Waals surface area contributed by atoms with E-state index in [-0.39, 0.29) is 5.91 Å². The number of carbonyl (C=O) groups is 2. The van der Waals surface area contributed by atoms with Crippen LogP contribution in [-0.2, 0) is 16.0 Å². The van der Waals surface area contributed by atoms with Gasteiger partial charge in [-0.2, -0.15) is 0 Å². The molecule has 0 aliphatic carbocycles. The highest BCUT2D eigenvalue weighted by Gasteiger charge is 2.21. The van der Waals surface area contributed by atoms with Gasteiger partial charge in [0, 0.05) is 67.6 Å². The number of aromatic nitrogens is 1. The van der Waals surface area contributed by atoms with E-state index in [1.165, 1.54) is 0 Å². The summed E-state index contributed by atoms with van der Waals surface area (Å²) in [5.74, 6) is 1.06. The van der Waals surface area contributed by atoms with Crippen LogP contribution in [0.2, 0.25) is 0 Å². The first-order chi connectivity index (χ1) is 19.2. The molecule has 0 bridgehead atoms. The van der Waals surface area contributed by atoms with Crippen LogP contribution in [0.3, 0.4) is 0 Å². The quantitative estimate of drug-likeness (QED) is 0.226. The molecule has 1 fully saturated rings. The monoisotopic (exact) mass is 549 g/mol. The largest absolute Gasteiger partial charge is 0.494 e. The summed E-state index contributed by atoms with van der Waals surface area (Å²) in [6.07, 6.45) is 5.55. The lowest BCUT2D eigenvalue weighted by Gasteiger charge is -2.36. The van der Waals surface area contributed by atoms with Crippen molar-refractivity contribution >= 4 is 34.3 Å². The number of nitrogens with one attached hydrogen (secondary N) is 2. The average molecular weight is 550 g/mol. The van der Waals surface area contributed by atoms with Crippen molar-refractivity contribution in [3.63, 3.8) is 0 Å². The maximum Gasteiger partial charge on any atom is 0.407 e. The van der Waals surface area contributed by atoms with Crippen molar-refractivity contribution in [3.05, 3.63) is 54.2 Å². The Labute approximate surface area is 237 Å². The Hall–Kier alpha value is -3.88. The standard InChI is InChI=1S/C31H43N5O4/c1-31(2,3)40-30(38)33-15-14-23-22-34-28-13-12-26(21-27(23)28)39-20-6-4-5-7-29(37)36-18-16-35(17-19-36)25-10-8-24(32)9-11-25/h8-13,21-22,34H,4-7,14-20,32H2,1-3H3,(H,33,38). The van der Waals surface area contributed by atoms with Gasteiger partial charge in [-0.3, -0.25) is 4.79 Å². The molecule has 0 atom stereocenters. The number of hydrogen-bond acceptors (Lipinski definition) is 6. The number of H-pyrrole nitrogens is 1. The number of aromatic amines is 1. The first-order valence-electron chi connectivity index (χ1n) is 14.3. The summed E-state index contributed by atoms with van der Waals surface area (Å²) < 4.78 is 11.3. The molecule has 1 aromatic heterocycles.